The molecule has 3 aromatic carbocycles. The fourth-order valence-electron chi connectivity index (χ4n) is 6.71. The molecule has 4 aliphatic rings. The van der Waals surface area contributed by atoms with Gasteiger partial charge < -0.3 is 5.32 Å². The molecule has 0 aromatic heterocycles. The Morgan fingerprint density at radius 3 is 1.89 bits per heavy atom. The Balaban J connectivity index is 1.38. The largest absolute Gasteiger partial charge is 0.324 e. The summed E-state index contributed by atoms with van der Waals surface area (Å²) in [6, 6.07) is 20.7. The highest BCUT2D eigenvalue weighted by atomic mass is 16.6. The summed E-state index contributed by atoms with van der Waals surface area (Å²) in [5, 5.41) is 13.9. The second-order valence-electron chi connectivity index (χ2n) is 10.3. The van der Waals surface area contributed by atoms with Crippen LogP contribution in [0.3, 0.4) is 0 Å². The number of nitro groups is 1. The van der Waals surface area contributed by atoms with Crippen molar-refractivity contribution in [2.45, 2.75) is 44.1 Å². The van der Waals surface area contributed by atoms with Gasteiger partial charge >= 0.3 is 0 Å². The molecule has 8 nitrogen and oxygen atoms in total. The van der Waals surface area contributed by atoms with Crippen LogP contribution in [0.4, 0.5) is 11.4 Å². The zero-order valence-electron chi connectivity index (χ0n) is 20.9. The van der Waals surface area contributed by atoms with Gasteiger partial charge in [-0.1, -0.05) is 74.4 Å². The standard InChI is InChI=1S/C30H27N3O5/c1-2-3-15-23(28(34)31-17-9-8-10-18(16-17)33(37)38)32-29(35)26-24-19-11-4-5-12-20(19)25(27(26)30(32)36)22-14-7-6-13-21(22)24/h4-14,16,23-27H,2-3,15H2,1H3,(H,31,34)/t23-,24?,25?,26-,27-/m1/s1. The third-order valence-electron chi connectivity index (χ3n) is 8.25. The van der Waals surface area contributed by atoms with E-state index in [1.54, 1.807) is 6.07 Å². The Morgan fingerprint density at radius 2 is 1.42 bits per heavy atom. The predicted molar refractivity (Wildman–Crippen MR) is 140 cm³/mol. The van der Waals surface area contributed by atoms with Gasteiger partial charge in [-0.05, 0) is 34.7 Å². The highest BCUT2D eigenvalue weighted by molar-refractivity contribution is 6.11. The van der Waals surface area contributed by atoms with E-state index in [9.17, 15) is 24.5 Å². The fourth-order valence-corrected chi connectivity index (χ4v) is 6.71. The maximum atomic E-state index is 14.1. The SMILES string of the molecule is CCCC[C@H](C(=O)Nc1cccc([N+](=O)[O-])c1)N1C(=O)[C@@H]2C3c4ccccc4C(c4ccccc43)[C@H]2C1=O. The second-order valence-corrected chi connectivity index (χ2v) is 10.3. The molecule has 0 unspecified atom stereocenters. The zero-order chi connectivity index (χ0) is 26.6. The van der Waals surface area contributed by atoms with Crippen molar-refractivity contribution < 1.29 is 19.3 Å². The Kier molecular flexibility index (Phi) is 5.82. The van der Waals surface area contributed by atoms with Crippen molar-refractivity contribution in [1.29, 1.82) is 0 Å². The van der Waals surface area contributed by atoms with Crippen molar-refractivity contribution in [3.8, 4) is 0 Å². The van der Waals surface area contributed by atoms with Gasteiger partial charge in [-0.3, -0.25) is 29.4 Å². The average Bonchev–Trinajstić information content (AvgIpc) is 3.19. The van der Waals surface area contributed by atoms with E-state index < -0.39 is 28.7 Å². The van der Waals surface area contributed by atoms with E-state index in [0.29, 0.717) is 12.8 Å². The summed E-state index contributed by atoms with van der Waals surface area (Å²) in [4.78, 5) is 53.6. The van der Waals surface area contributed by atoms with E-state index in [4.69, 9.17) is 0 Å². The van der Waals surface area contributed by atoms with Crippen LogP contribution < -0.4 is 5.32 Å². The second kappa shape index (κ2) is 9.20. The summed E-state index contributed by atoms with van der Waals surface area (Å²) < 4.78 is 0. The molecule has 0 spiro atoms. The maximum absolute atomic E-state index is 14.1. The molecular formula is C30H27N3O5. The van der Waals surface area contributed by atoms with Crippen LogP contribution >= 0.6 is 0 Å². The Morgan fingerprint density at radius 1 is 0.895 bits per heavy atom. The molecule has 1 saturated heterocycles. The van der Waals surface area contributed by atoms with Crippen molar-refractivity contribution in [1.82, 2.24) is 4.90 Å². The number of carbonyl (C=O) groups is 3. The van der Waals surface area contributed by atoms with Crippen molar-refractivity contribution >= 4 is 29.1 Å². The van der Waals surface area contributed by atoms with Gasteiger partial charge in [0.15, 0.2) is 0 Å². The molecule has 0 radical (unpaired) electrons. The molecule has 1 N–H and O–H groups in total. The minimum Gasteiger partial charge on any atom is -0.324 e. The third kappa shape index (κ3) is 3.55. The molecule has 38 heavy (non-hydrogen) atoms. The number of nitrogens with one attached hydrogen (secondary N) is 1. The Labute approximate surface area is 219 Å². The van der Waals surface area contributed by atoms with Crippen LogP contribution in [0.1, 0.15) is 60.3 Å². The lowest BCUT2D eigenvalue weighted by Gasteiger charge is -2.45. The smallest absolute Gasteiger partial charge is 0.271 e. The van der Waals surface area contributed by atoms with Gasteiger partial charge in [0.1, 0.15) is 6.04 Å². The first-order valence-corrected chi connectivity index (χ1v) is 13.0. The molecule has 3 aliphatic carbocycles. The van der Waals surface area contributed by atoms with Crippen LogP contribution in [0.25, 0.3) is 0 Å². The molecule has 3 amide bonds. The first-order valence-electron chi connectivity index (χ1n) is 13.0. The number of carbonyl (C=O) groups excluding carboxylic acids is 3. The summed E-state index contributed by atoms with van der Waals surface area (Å²) in [7, 11) is 0. The molecule has 1 fully saturated rings. The van der Waals surface area contributed by atoms with E-state index in [-0.39, 0.29) is 35.0 Å². The van der Waals surface area contributed by atoms with Gasteiger partial charge in [-0.25, -0.2) is 0 Å². The third-order valence-corrected chi connectivity index (χ3v) is 8.25. The van der Waals surface area contributed by atoms with Crippen molar-refractivity contribution in [3.05, 3.63) is 105 Å². The van der Waals surface area contributed by atoms with Gasteiger partial charge in [-0.2, -0.15) is 0 Å². The molecule has 1 aliphatic heterocycles. The number of anilines is 1. The number of likely N-dealkylation sites (tertiary alicyclic amines) is 1. The van der Waals surface area contributed by atoms with E-state index in [1.165, 1.54) is 23.1 Å². The number of hydrogen-bond donors (Lipinski definition) is 1. The van der Waals surface area contributed by atoms with Crippen molar-refractivity contribution in [3.63, 3.8) is 0 Å². The van der Waals surface area contributed by atoms with Crippen LogP contribution in [-0.2, 0) is 14.4 Å². The van der Waals surface area contributed by atoms with Gasteiger partial charge in [0, 0.05) is 29.7 Å². The van der Waals surface area contributed by atoms with Gasteiger partial charge in [-0.15, -0.1) is 0 Å². The number of rotatable bonds is 7. The van der Waals surface area contributed by atoms with Crippen molar-refractivity contribution in [2.75, 3.05) is 5.32 Å². The topological polar surface area (TPSA) is 110 Å². The van der Waals surface area contributed by atoms with E-state index in [0.717, 1.165) is 28.7 Å². The summed E-state index contributed by atoms with van der Waals surface area (Å²) >= 11 is 0. The fraction of sp³-hybridized carbons (Fsp3) is 0.300. The molecule has 192 valence electrons. The average molecular weight is 510 g/mol. The number of hydrogen-bond acceptors (Lipinski definition) is 5. The van der Waals surface area contributed by atoms with Crippen molar-refractivity contribution in [2.24, 2.45) is 11.8 Å². The number of unbranched alkanes of at least 4 members (excludes halogenated alkanes) is 1. The quantitative estimate of drug-likeness (QED) is 0.274. The molecule has 2 bridgehead atoms. The van der Waals surface area contributed by atoms with E-state index >= 15 is 0 Å². The Hall–Kier alpha value is -4.33. The molecule has 8 heteroatoms. The minimum atomic E-state index is -0.995. The highest BCUT2D eigenvalue weighted by Crippen LogP contribution is 2.61. The van der Waals surface area contributed by atoms with Gasteiger partial charge in [0.25, 0.3) is 5.69 Å². The van der Waals surface area contributed by atoms with Crippen LogP contribution in [0, 0.1) is 22.0 Å². The van der Waals surface area contributed by atoms with Crippen LogP contribution in [0.5, 0.6) is 0 Å². The summed E-state index contributed by atoms with van der Waals surface area (Å²) in [5.74, 6) is -2.75. The predicted octanol–water partition coefficient (Wildman–Crippen LogP) is 4.98. The normalized spacial score (nSPS) is 23.4. The Bertz CT molecular complexity index is 1370. The maximum Gasteiger partial charge on any atom is 0.271 e. The summed E-state index contributed by atoms with van der Waals surface area (Å²) in [5.41, 5.74) is 4.40. The lowest BCUT2D eigenvalue weighted by molar-refractivity contribution is -0.384. The van der Waals surface area contributed by atoms with E-state index in [2.05, 4.69) is 5.32 Å². The number of nitro benzene ring substituents is 1. The summed E-state index contributed by atoms with van der Waals surface area (Å²) in [6.45, 7) is 1.98. The van der Waals surface area contributed by atoms with Crippen LogP contribution in [-0.4, -0.2) is 33.6 Å². The number of benzene rings is 3. The van der Waals surface area contributed by atoms with Gasteiger partial charge in [0.05, 0.1) is 16.8 Å². The number of non-ortho nitro benzene ring substituents is 1. The molecule has 3 aromatic rings. The number of nitrogens with zero attached hydrogens (tertiary/aromatic N) is 2. The number of amides is 3. The first kappa shape index (κ1) is 24.0. The van der Waals surface area contributed by atoms with Crippen LogP contribution in [0.15, 0.2) is 72.8 Å². The van der Waals surface area contributed by atoms with Gasteiger partial charge in [0.2, 0.25) is 17.7 Å². The highest BCUT2D eigenvalue weighted by Gasteiger charge is 2.62. The molecule has 1 heterocycles. The van der Waals surface area contributed by atoms with Crippen LogP contribution in [0.2, 0.25) is 0 Å². The van der Waals surface area contributed by atoms with E-state index in [1.807, 2.05) is 55.5 Å². The minimum absolute atomic E-state index is 0.153. The zero-order valence-corrected chi connectivity index (χ0v) is 20.9. The monoisotopic (exact) mass is 509 g/mol. The number of imide groups is 1. The molecule has 3 atom stereocenters. The molecule has 0 saturated carbocycles. The summed E-state index contributed by atoms with van der Waals surface area (Å²) in [6.07, 6.45) is 1.75. The molecule has 7 rings (SSSR count). The first-order chi connectivity index (χ1) is 18.4. The molecular weight excluding hydrogens is 482 g/mol. The lowest BCUT2D eigenvalue weighted by atomic mass is 9.55. The lowest BCUT2D eigenvalue weighted by Crippen LogP contribution is -2.48.